The van der Waals surface area contributed by atoms with Gasteiger partial charge in [-0.15, -0.1) is 0 Å². The first-order chi connectivity index (χ1) is 56.4. The molecule has 0 aliphatic carbocycles. The Morgan fingerprint density at radius 3 is 0.932 bits per heavy atom. The zero-order valence-electron chi connectivity index (χ0n) is 77.1. The van der Waals surface area contributed by atoms with Gasteiger partial charge in [-0.2, -0.15) is 0 Å². The molecule has 0 spiro atoms. The molecular weight excluding hydrogens is 1490 g/mol. The molecule has 0 radical (unpaired) electrons. The second-order valence-electron chi connectivity index (χ2n) is 34.9. The number of aliphatic hydroxyl groups excluding tert-OH is 1. The number of nitrogens with one attached hydrogen (secondary N) is 1. The van der Waals surface area contributed by atoms with Gasteiger partial charge in [-0.05, 0) is 86.9 Å². The Hall–Kier alpha value is -2.60. The minimum atomic E-state index is -0.624. The maximum absolute atomic E-state index is 12.8. The zero-order chi connectivity index (χ0) is 84.6. The van der Waals surface area contributed by atoms with Crippen LogP contribution in [-0.2, 0) is 80.8 Å². The van der Waals surface area contributed by atoms with E-state index in [1.807, 2.05) is 46.7 Å². The molecule has 0 bridgehead atoms. The Morgan fingerprint density at radius 1 is 0.364 bits per heavy atom. The third-order valence-electron chi connectivity index (χ3n) is 21.8. The SMILES string of the molecule is C.C.CC1(C)OCC(COCC2CO2)O1.CCCCCCCCCCCCCCCC(=O)OCC(COCCCN(C)CC(O)COCC1COC(C)(C)O1)OC(=O)CCCCCCCCCCCCCCC.CCCCCCCCCCCCCCCC(=O)OCC(COCCCNC)OC(=O)CCCCCCCCCCCCCCC. The second kappa shape index (κ2) is 86.5. The summed E-state index contributed by atoms with van der Waals surface area (Å²) in [6.45, 7) is 24.2. The zero-order valence-corrected chi connectivity index (χ0v) is 77.1. The van der Waals surface area contributed by atoms with Gasteiger partial charge >= 0.3 is 23.9 Å². The summed E-state index contributed by atoms with van der Waals surface area (Å²) in [5.41, 5.74) is 0. The fourth-order valence-corrected chi connectivity index (χ4v) is 14.6. The van der Waals surface area contributed by atoms with E-state index in [1.54, 1.807) is 0 Å². The van der Waals surface area contributed by atoms with E-state index in [1.165, 1.54) is 270 Å². The van der Waals surface area contributed by atoms with Crippen molar-refractivity contribution in [3.8, 4) is 0 Å². The standard InChI is InChI=1S/C48H93NO9.C39H77NO5.C9H16O4.2CH4/c1-6-8-10-12-14-16-18-20-22-24-26-28-30-33-46(51)55-41-44(57-47(52)34-31-29-27-25-23-21-19-17-15-13-11-9-7-2)39-53-36-32-35-49(5)37-43(50)38-54-40-45-42-56-48(3,4)58-45;1-4-6-8-10-12-14-16-18-20-22-24-26-28-31-38(41)44-36-37(35-43-34-30-33-40-3)45-39(42)32-29-27-25-23-21-19-17-15-13-11-9-7-5-2;1-9(2)12-6-8(13-9)4-10-3-7-5-11-7;;/h43-45,50H,6-42H2,1-5H3;37,40H,4-36H2,1-3H3;7-8H,3-6H2,1-2H3;2*1H4. The lowest BCUT2D eigenvalue weighted by Crippen LogP contribution is -2.34. The lowest BCUT2D eigenvalue weighted by molar-refractivity contribution is -0.163. The molecule has 3 rings (SSSR count). The van der Waals surface area contributed by atoms with Crippen LogP contribution < -0.4 is 5.32 Å². The number of rotatable bonds is 84. The molecule has 0 aromatic heterocycles. The number of carbonyl (C=O) groups is 4. The number of epoxide rings is 1. The molecule has 20 heteroatoms. The Bertz CT molecular complexity index is 2140. The van der Waals surface area contributed by atoms with E-state index in [9.17, 15) is 24.3 Å². The Morgan fingerprint density at radius 2 is 0.644 bits per heavy atom. The minimum absolute atomic E-state index is 0. The van der Waals surface area contributed by atoms with Crippen molar-refractivity contribution in [2.24, 2.45) is 0 Å². The van der Waals surface area contributed by atoms with Gasteiger partial charge in [-0.1, -0.05) is 351 Å². The van der Waals surface area contributed by atoms with E-state index < -0.39 is 29.9 Å². The monoisotopic (exact) mass is 1690 g/mol. The number of hydrogen-bond acceptors (Lipinski definition) is 20. The summed E-state index contributed by atoms with van der Waals surface area (Å²) in [6, 6.07) is 0. The highest BCUT2D eigenvalue weighted by Crippen LogP contribution is 2.25. The van der Waals surface area contributed by atoms with Gasteiger partial charge in [-0.25, -0.2) is 0 Å². The molecular formula is C98H194N2O18. The van der Waals surface area contributed by atoms with Gasteiger partial charge < -0.3 is 76.9 Å². The summed E-state index contributed by atoms with van der Waals surface area (Å²) in [4.78, 5) is 52.3. The molecule has 0 amide bonds. The van der Waals surface area contributed by atoms with E-state index in [-0.39, 0.29) is 84.0 Å². The molecule has 3 aliphatic rings. The van der Waals surface area contributed by atoms with Crippen molar-refractivity contribution in [3.05, 3.63) is 0 Å². The van der Waals surface area contributed by atoms with Gasteiger partial charge in [0, 0.05) is 52.0 Å². The predicted molar refractivity (Wildman–Crippen MR) is 486 cm³/mol. The largest absolute Gasteiger partial charge is 0.462 e. The predicted octanol–water partition coefficient (Wildman–Crippen LogP) is 24.1. The first-order valence-electron chi connectivity index (χ1n) is 48.7. The van der Waals surface area contributed by atoms with Crippen molar-refractivity contribution in [1.29, 1.82) is 0 Å². The number of aliphatic hydroxyl groups is 1. The molecule has 3 aliphatic heterocycles. The van der Waals surface area contributed by atoms with Gasteiger partial charge in [0.05, 0.1) is 65.6 Å². The number of carbonyl (C=O) groups excluding carboxylic acids is 4. The molecule has 6 unspecified atom stereocenters. The summed E-state index contributed by atoms with van der Waals surface area (Å²) in [5.74, 6) is -1.93. The molecule has 3 saturated heterocycles. The van der Waals surface area contributed by atoms with Crippen molar-refractivity contribution in [2.45, 2.75) is 491 Å². The first-order valence-corrected chi connectivity index (χ1v) is 48.7. The number of esters is 4. The lowest BCUT2D eigenvalue weighted by Gasteiger charge is -2.22. The van der Waals surface area contributed by atoms with Gasteiger partial charge in [-0.3, -0.25) is 19.2 Å². The van der Waals surface area contributed by atoms with Crippen molar-refractivity contribution in [3.63, 3.8) is 0 Å². The summed E-state index contributed by atoms with van der Waals surface area (Å²) in [6.07, 6.45) is 67.7. The highest BCUT2D eigenvalue weighted by atomic mass is 16.8. The number of ether oxygens (including phenoxy) is 13. The minimum Gasteiger partial charge on any atom is -0.462 e. The van der Waals surface area contributed by atoms with Crippen molar-refractivity contribution < 1.29 is 85.9 Å². The van der Waals surface area contributed by atoms with E-state index in [2.05, 4.69) is 33.0 Å². The van der Waals surface area contributed by atoms with Crippen LogP contribution in [0, 0.1) is 0 Å². The van der Waals surface area contributed by atoms with Gasteiger partial charge in [0.15, 0.2) is 23.8 Å². The number of likely N-dealkylation sites (N-methyl/N-ethyl adjacent to an activating group) is 1. The maximum atomic E-state index is 12.8. The molecule has 6 atom stereocenters. The van der Waals surface area contributed by atoms with Gasteiger partial charge in [0.2, 0.25) is 0 Å². The number of hydrogen-bond donors (Lipinski definition) is 2. The summed E-state index contributed by atoms with van der Waals surface area (Å²) in [5, 5.41) is 13.5. The van der Waals surface area contributed by atoms with E-state index >= 15 is 0 Å². The van der Waals surface area contributed by atoms with Crippen LogP contribution >= 0.6 is 0 Å². The maximum Gasteiger partial charge on any atom is 0.306 e. The Labute approximate surface area is 726 Å². The van der Waals surface area contributed by atoms with Crippen LogP contribution in [0.5, 0.6) is 0 Å². The fraction of sp³-hybridized carbons (Fsp3) is 0.959. The Balaban J connectivity index is 0. The summed E-state index contributed by atoms with van der Waals surface area (Å²) in [7, 11) is 3.87. The lowest BCUT2D eigenvalue weighted by atomic mass is 10.0. The molecule has 118 heavy (non-hydrogen) atoms. The van der Waals surface area contributed by atoms with E-state index in [4.69, 9.17) is 61.6 Å². The van der Waals surface area contributed by atoms with Gasteiger partial charge in [0.1, 0.15) is 31.5 Å². The topological polar surface area (TPSA) is 227 Å². The normalized spacial score (nSPS) is 16.6. The summed E-state index contributed by atoms with van der Waals surface area (Å²) < 4.78 is 72.5. The molecule has 0 saturated carbocycles. The molecule has 0 aromatic carbocycles. The molecule has 0 aromatic rings. The molecule has 3 fully saturated rings. The first kappa shape index (κ1) is 117. The van der Waals surface area contributed by atoms with Crippen molar-refractivity contribution >= 4 is 23.9 Å². The smallest absolute Gasteiger partial charge is 0.306 e. The fourth-order valence-electron chi connectivity index (χ4n) is 14.6. The van der Waals surface area contributed by atoms with Crippen LogP contribution in [0.4, 0.5) is 0 Å². The van der Waals surface area contributed by atoms with Gasteiger partial charge in [0.25, 0.3) is 0 Å². The van der Waals surface area contributed by atoms with Crippen LogP contribution in [0.15, 0.2) is 0 Å². The van der Waals surface area contributed by atoms with Crippen LogP contribution in [0.2, 0.25) is 0 Å². The average molecular weight is 1690 g/mol. The highest BCUT2D eigenvalue weighted by molar-refractivity contribution is 5.71. The van der Waals surface area contributed by atoms with Crippen molar-refractivity contribution in [2.75, 3.05) is 120 Å². The second-order valence-corrected chi connectivity index (χ2v) is 34.9. The van der Waals surface area contributed by atoms with E-state index in [0.29, 0.717) is 84.6 Å². The Kier molecular flexibility index (Phi) is 86.1. The number of nitrogens with zero attached hydrogens (tertiary/aromatic N) is 1. The van der Waals surface area contributed by atoms with Crippen LogP contribution in [0.25, 0.3) is 0 Å². The molecule has 2 N–H and O–H groups in total. The van der Waals surface area contributed by atoms with Crippen LogP contribution in [0.1, 0.15) is 443 Å². The average Bonchev–Trinajstić information content (AvgIpc) is 1.74. The summed E-state index contributed by atoms with van der Waals surface area (Å²) >= 11 is 0. The van der Waals surface area contributed by atoms with E-state index in [0.717, 1.165) is 96.7 Å². The van der Waals surface area contributed by atoms with Crippen molar-refractivity contribution in [1.82, 2.24) is 10.2 Å². The number of unbranched alkanes of at least 4 members (excludes halogenated alkanes) is 48. The molecule has 20 nitrogen and oxygen atoms in total. The third-order valence-corrected chi connectivity index (χ3v) is 21.8. The van der Waals surface area contributed by atoms with Crippen LogP contribution in [-0.4, -0.2) is 202 Å². The molecule has 704 valence electrons. The third kappa shape index (κ3) is 83.0. The van der Waals surface area contributed by atoms with Crippen LogP contribution in [0.3, 0.4) is 0 Å². The highest BCUT2D eigenvalue weighted by Gasteiger charge is 2.34. The molecule has 3 heterocycles. The quantitative estimate of drug-likeness (QED) is 0.0250.